The molecule has 5 rings (SSSR count). The van der Waals surface area contributed by atoms with Crippen LogP contribution in [0.1, 0.15) is 57.4 Å². The van der Waals surface area contributed by atoms with E-state index in [2.05, 4.69) is 15.9 Å². The SMILES string of the molecule is CCOC(=O)C1=C(C)N=c2s/c(=C\c3cc(Br)c(OCc4ccccc4Cl)c(OCC)c3)c(=O)n2[C@H]1c1ccccc1OC(C)C. The molecule has 0 aliphatic carbocycles. The summed E-state index contributed by atoms with van der Waals surface area (Å²) in [5, 5.41) is 0.613. The number of nitrogens with zero attached hydrogens (tertiary/aromatic N) is 2. The third kappa shape index (κ3) is 7.09. The number of para-hydroxylation sites is 1. The summed E-state index contributed by atoms with van der Waals surface area (Å²) < 4.78 is 26.3. The van der Waals surface area contributed by atoms with Gasteiger partial charge in [0.1, 0.15) is 18.4 Å². The first-order valence-corrected chi connectivity index (χ1v) is 16.9. The van der Waals surface area contributed by atoms with Crippen LogP contribution in [-0.2, 0) is 16.1 Å². The molecule has 0 fully saturated rings. The molecule has 1 aromatic heterocycles. The van der Waals surface area contributed by atoms with Crippen LogP contribution in [0.15, 0.2) is 86.2 Å². The van der Waals surface area contributed by atoms with E-state index >= 15 is 0 Å². The third-order valence-electron chi connectivity index (χ3n) is 7.05. The molecule has 2 heterocycles. The number of fused-ring (bicyclic) bond motifs is 1. The van der Waals surface area contributed by atoms with Gasteiger partial charge >= 0.3 is 5.97 Å². The van der Waals surface area contributed by atoms with Crippen LogP contribution in [0.5, 0.6) is 17.2 Å². The minimum atomic E-state index is -0.793. The summed E-state index contributed by atoms with van der Waals surface area (Å²) >= 11 is 11.2. The third-order valence-corrected chi connectivity index (χ3v) is 8.99. The Morgan fingerprint density at radius 3 is 2.52 bits per heavy atom. The van der Waals surface area contributed by atoms with Crippen LogP contribution in [0, 0.1) is 0 Å². The van der Waals surface area contributed by atoms with E-state index in [1.807, 2.05) is 81.4 Å². The summed E-state index contributed by atoms with van der Waals surface area (Å²) in [7, 11) is 0. The molecule has 0 N–H and O–H groups in total. The van der Waals surface area contributed by atoms with Gasteiger partial charge < -0.3 is 18.9 Å². The van der Waals surface area contributed by atoms with E-state index < -0.39 is 12.0 Å². The van der Waals surface area contributed by atoms with E-state index in [0.29, 0.717) is 65.1 Å². The number of carbonyl (C=O) groups excluding carboxylic acids is 1. The van der Waals surface area contributed by atoms with Crippen molar-refractivity contribution < 1.29 is 23.7 Å². The van der Waals surface area contributed by atoms with Crippen LogP contribution in [0.2, 0.25) is 5.02 Å². The van der Waals surface area contributed by atoms with Gasteiger partial charge in [0, 0.05) is 16.1 Å². The molecule has 3 aromatic carbocycles. The molecule has 1 atom stereocenters. The number of rotatable bonds is 11. The van der Waals surface area contributed by atoms with Gasteiger partial charge in [-0.3, -0.25) is 9.36 Å². The lowest BCUT2D eigenvalue weighted by Crippen LogP contribution is -2.40. The van der Waals surface area contributed by atoms with Gasteiger partial charge in [0.15, 0.2) is 16.3 Å². The average Bonchev–Trinajstić information content (AvgIpc) is 3.31. The van der Waals surface area contributed by atoms with Crippen molar-refractivity contribution >= 4 is 50.9 Å². The highest BCUT2D eigenvalue weighted by molar-refractivity contribution is 9.10. The zero-order valence-corrected chi connectivity index (χ0v) is 29.3. The fourth-order valence-corrected chi connectivity index (χ4v) is 6.96. The first-order chi connectivity index (χ1) is 22.1. The van der Waals surface area contributed by atoms with Crippen molar-refractivity contribution in [1.29, 1.82) is 0 Å². The summed E-state index contributed by atoms with van der Waals surface area (Å²) in [4.78, 5) is 32.7. The number of hydrogen-bond acceptors (Lipinski definition) is 8. The number of hydrogen-bond donors (Lipinski definition) is 0. The van der Waals surface area contributed by atoms with E-state index in [0.717, 1.165) is 5.56 Å². The number of aromatic nitrogens is 1. The smallest absolute Gasteiger partial charge is 0.338 e. The number of ether oxygens (including phenoxy) is 4. The highest BCUT2D eigenvalue weighted by atomic mass is 79.9. The molecule has 8 nitrogen and oxygen atoms in total. The number of benzene rings is 3. The van der Waals surface area contributed by atoms with Crippen molar-refractivity contribution in [1.82, 2.24) is 4.57 Å². The monoisotopic (exact) mass is 724 g/mol. The number of esters is 1. The van der Waals surface area contributed by atoms with Crippen molar-refractivity contribution in [2.75, 3.05) is 13.2 Å². The van der Waals surface area contributed by atoms with Crippen LogP contribution >= 0.6 is 38.9 Å². The predicted octanol–water partition coefficient (Wildman–Crippen LogP) is 6.98. The molecule has 1 aliphatic heterocycles. The lowest BCUT2D eigenvalue weighted by molar-refractivity contribution is -0.139. The molecule has 4 aromatic rings. The fourth-order valence-electron chi connectivity index (χ4n) is 5.14. The van der Waals surface area contributed by atoms with Crippen LogP contribution in [0.3, 0.4) is 0 Å². The van der Waals surface area contributed by atoms with Crippen LogP contribution in [0.4, 0.5) is 0 Å². The normalized spacial score (nSPS) is 14.6. The minimum Gasteiger partial charge on any atom is -0.491 e. The molecule has 11 heteroatoms. The largest absolute Gasteiger partial charge is 0.491 e. The molecule has 0 bridgehead atoms. The van der Waals surface area contributed by atoms with Gasteiger partial charge in [-0.1, -0.05) is 59.3 Å². The van der Waals surface area contributed by atoms with Gasteiger partial charge in [-0.2, -0.15) is 0 Å². The number of halogens is 2. The molecule has 0 spiro atoms. The second kappa shape index (κ2) is 14.7. The highest BCUT2D eigenvalue weighted by Crippen LogP contribution is 2.39. The first kappa shape index (κ1) is 33.5. The van der Waals surface area contributed by atoms with Crippen molar-refractivity contribution in [3.05, 3.63) is 118 Å². The standard InChI is InChI=1S/C35H34BrClN2O6S/c1-6-42-28-17-22(16-25(36)32(28)44-19-23-12-8-10-14-26(23)37)18-29-33(40)39-31(24-13-9-11-15-27(24)45-20(3)4)30(34(41)43-7-2)21(5)38-35(39)46-29/h8-18,20,31H,6-7,19H2,1-5H3/b29-18-/t31-/m0/s1. The van der Waals surface area contributed by atoms with Crippen LogP contribution < -0.4 is 29.1 Å². The van der Waals surface area contributed by atoms with E-state index in [9.17, 15) is 9.59 Å². The molecule has 0 unspecified atom stereocenters. The Morgan fingerprint density at radius 2 is 1.80 bits per heavy atom. The van der Waals surface area contributed by atoms with Crippen molar-refractivity contribution in [2.45, 2.75) is 53.4 Å². The highest BCUT2D eigenvalue weighted by Gasteiger charge is 2.35. The lowest BCUT2D eigenvalue weighted by atomic mass is 9.95. The average molecular weight is 726 g/mol. The molecular weight excluding hydrogens is 692 g/mol. The van der Waals surface area contributed by atoms with E-state index in [1.165, 1.54) is 11.3 Å². The molecule has 0 amide bonds. The summed E-state index contributed by atoms with van der Waals surface area (Å²) in [6.07, 6.45) is 1.66. The molecule has 0 saturated carbocycles. The summed E-state index contributed by atoms with van der Waals surface area (Å²) in [5.41, 5.74) is 2.71. The summed E-state index contributed by atoms with van der Waals surface area (Å²) in [6, 6.07) is 17.8. The second-order valence-corrected chi connectivity index (χ2v) is 12.9. The van der Waals surface area contributed by atoms with Crippen molar-refractivity contribution in [2.24, 2.45) is 4.99 Å². The Hall–Kier alpha value is -3.86. The maximum atomic E-state index is 14.2. The number of carbonyl (C=O) groups is 1. The van der Waals surface area contributed by atoms with Gasteiger partial charge in [-0.05, 0) is 86.5 Å². The minimum absolute atomic E-state index is 0.122. The molecule has 240 valence electrons. The quantitative estimate of drug-likeness (QED) is 0.155. The molecule has 1 aliphatic rings. The summed E-state index contributed by atoms with van der Waals surface area (Å²) in [5.74, 6) is 1.09. The van der Waals surface area contributed by atoms with Gasteiger partial charge in [-0.15, -0.1) is 0 Å². The van der Waals surface area contributed by atoms with Crippen molar-refractivity contribution in [3.63, 3.8) is 0 Å². The van der Waals surface area contributed by atoms with Gasteiger partial charge in [0.25, 0.3) is 5.56 Å². The zero-order chi connectivity index (χ0) is 33.0. The van der Waals surface area contributed by atoms with Crippen molar-refractivity contribution in [3.8, 4) is 17.2 Å². The molecular formula is C35H34BrClN2O6S. The van der Waals surface area contributed by atoms with Gasteiger partial charge in [0.2, 0.25) is 0 Å². The van der Waals surface area contributed by atoms with E-state index in [1.54, 1.807) is 24.5 Å². The Bertz CT molecular complexity index is 1980. The molecule has 0 saturated heterocycles. The Labute approximate surface area is 284 Å². The lowest BCUT2D eigenvalue weighted by Gasteiger charge is -2.26. The maximum Gasteiger partial charge on any atom is 0.338 e. The second-order valence-electron chi connectivity index (χ2n) is 10.6. The topological polar surface area (TPSA) is 88.4 Å². The predicted molar refractivity (Wildman–Crippen MR) is 184 cm³/mol. The van der Waals surface area contributed by atoms with Gasteiger partial charge in [0.05, 0.1) is 39.6 Å². The van der Waals surface area contributed by atoms with E-state index in [-0.39, 0.29) is 24.9 Å². The van der Waals surface area contributed by atoms with Crippen LogP contribution in [-0.4, -0.2) is 29.9 Å². The fraction of sp³-hybridized carbons (Fsp3) is 0.286. The van der Waals surface area contributed by atoms with E-state index in [4.69, 9.17) is 35.5 Å². The zero-order valence-electron chi connectivity index (χ0n) is 26.1. The molecule has 46 heavy (non-hydrogen) atoms. The summed E-state index contributed by atoms with van der Waals surface area (Å²) in [6.45, 7) is 10.1. The Balaban J connectivity index is 1.62. The van der Waals surface area contributed by atoms with Crippen LogP contribution in [0.25, 0.3) is 6.08 Å². The Morgan fingerprint density at radius 1 is 1.07 bits per heavy atom. The Kier molecular flexibility index (Phi) is 10.7. The maximum absolute atomic E-state index is 14.2. The number of thiazole rings is 1. The first-order valence-electron chi connectivity index (χ1n) is 14.9. The van der Waals surface area contributed by atoms with Gasteiger partial charge in [-0.25, -0.2) is 9.79 Å². The number of allylic oxidation sites excluding steroid dienone is 1. The molecule has 0 radical (unpaired) electrons.